The predicted octanol–water partition coefficient (Wildman–Crippen LogP) is 4.69. The summed E-state index contributed by atoms with van der Waals surface area (Å²) in [6.45, 7) is 4.25. The molecule has 0 saturated heterocycles. The lowest BCUT2D eigenvalue weighted by atomic mass is 10.1. The Morgan fingerprint density at radius 1 is 1.10 bits per heavy atom. The molecule has 0 aliphatic carbocycles. The number of aliphatic hydroxyl groups excluding tert-OH is 1. The Hall–Kier alpha value is -1.52. The van der Waals surface area contributed by atoms with Gasteiger partial charge in [0.25, 0.3) is 0 Å². The van der Waals surface area contributed by atoms with Gasteiger partial charge in [-0.1, -0.05) is 18.2 Å². The Bertz CT molecular complexity index is 582. The van der Waals surface area contributed by atoms with Crippen LogP contribution in [0.3, 0.4) is 0 Å². The van der Waals surface area contributed by atoms with Gasteiger partial charge in [-0.3, -0.25) is 0 Å². The van der Waals surface area contributed by atoms with E-state index in [1.807, 2.05) is 49.4 Å². The average molecular weight is 337 g/mol. The van der Waals surface area contributed by atoms with E-state index in [0.29, 0.717) is 23.9 Å². The van der Waals surface area contributed by atoms with Crippen molar-refractivity contribution in [1.82, 2.24) is 0 Å². The van der Waals surface area contributed by atoms with Gasteiger partial charge in [-0.15, -0.1) is 0 Å². The van der Waals surface area contributed by atoms with E-state index in [-0.39, 0.29) is 0 Å². The minimum Gasteiger partial charge on any atom is -0.490 e. The van der Waals surface area contributed by atoms with Gasteiger partial charge in [-0.2, -0.15) is 0 Å². The molecular weight excluding hydrogens is 320 g/mol. The Balaban J connectivity index is 2.26. The molecule has 2 aromatic carbocycles. The largest absolute Gasteiger partial charge is 0.490 e. The van der Waals surface area contributed by atoms with Crippen molar-refractivity contribution in [3.8, 4) is 17.2 Å². The minimum atomic E-state index is -0.504. The second kappa shape index (κ2) is 6.77. The van der Waals surface area contributed by atoms with Crippen LogP contribution >= 0.6 is 15.9 Å². The summed E-state index contributed by atoms with van der Waals surface area (Å²) in [4.78, 5) is 0. The zero-order chi connectivity index (χ0) is 14.5. The van der Waals surface area contributed by atoms with Gasteiger partial charge < -0.3 is 14.6 Å². The highest BCUT2D eigenvalue weighted by molar-refractivity contribution is 9.10. The van der Waals surface area contributed by atoms with Gasteiger partial charge in [-0.05, 0) is 59.6 Å². The maximum atomic E-state index is 9.56. The Morgan fingerprint density at radius 3 is 2.40 bits per heavy atom. The van der Waals surface area contributed by atoms with E-state index in [2.05, 4.69) is 15.9 Å². The second-order valence-corrected chi connectivity index (χ2v) is 5.20. The molecule has 0 fully saturated rings. The van der Waals surface area contributed by atoms with Crippen molar-refractivity contribution in [3.05, 3.63) is 52.5 Å². The summed E-state index contributed by atoms with van der Waals surface area (Å²) in [5.41, 5.74) is 0.835. The minimum absolute atomic E-state index is 0.504. The lowest BCUT2D eigenvalue weighted by Crippen LogP contribution is -1.96. The maximum Gasteiger partial charge on any atom is 0.169 e. The van der Waals surface area contributed by atoms with Gasteiger partial charge in [0.1, 0.15) is 5.75 Å². The molecule has 20 heavy (non-hydrogen) atoms. The van der Waals surface area contributed by atoms with Crippen LogP contribution < -0.4 is 9.47 Å². The molecule has 2 aromatic rings. The molecule has 0 aromatic heterocycles. The van der Waals surface area contributed by atoms with Crippen molar-refractivity contribution < 1.29 is 14.6 Å². The number of hydrogen-bond acceptors (Lipinski definition) is 3. The van der Waals surface area contributed by atoms with Crippen molar-refractivity contribution in [1.29, 1.82) is 0 Å². The number of benzene rings is 2. The third-order valence-electron chi connectivity index (χ3n) is 2.81. The van der Waals surface area contributed by atoms with Crippen molar-refractivity contribution in [3.63, 3.8) is 0 Å². The van der Waals surface area contributed by atoms with Gasteiger partial charge in [0, 0.05) is 0 Å². The SMILES string of the molecule is CCOc1ccccc1Oc1ccc([C@H](C)O)cc1Br. The summed E-state index contributed by atoms with van der Waals surface area (Å²) >= 11 is 3.46. The van der Waals surface area contributed by atoms with Crippen LogP contribution in [0.15, 0.2) is 46.9 Å². The highest BCUT2D eigenvalue weighted by Crippen LogP contribution is 2.36. The summed E-state index contributed by atoms with van der Waals surface area (Å²) < 4.78 is 12.2. The van der Waals surface area contributed by atoms with E-state index in [1.54, 1.807) is 6.92 Å². The van der Waals surface area contributed by atoms with Crippen molar-refractivity contribution in [2.45, 2.75) is 20.0 Å². The molecule has 2 rings (SSSR count). The first kappa shape index (κ1) is 14.9. The fourth-order valence-corrected chi connectivity index (χ4v) is 2.26. The zero-order valence-electron chi connectivity index (χ0n) is 11.5. The molecule has 1 N–H and O–H groups in total. The molecule has 0 amide bonds. The van der Waals surface area contributed by atoms with E-state index in [4.69, 9.17) is 9.47 Å². The molecule has 1 atom stereocenters. The smallest absolute Gasteiger partial charge is 0.169 e. The molecule has 0 heterocycles. The molecule has 3 nitrogen and oxygen atoms in total. The van der Waals surface area contributed by atoms with E-state index in [9.17, 15) is 5.11 Å². The molecule has 4 heteroatoms. The first-order chi connectivity index (χ1) is 9.61. The van der Waals surface area contributed by atoms with E-state index in [1.165, 1.54) is 0 Å². The number of halogens is 1. The van der Waals surface area contributed by atoms with Crippen LogP contribution in [0.4, 0.5) is 0 Å². The summed E-state index contributed by atoms with van der Waals surface area (Å²) in [7, 11) is 0. The third-order valence-corrected chi connectivity index (χ3v) is 3.43. The summed E-state index contributed by atoms with van der Waals surface area (Å²) in [5, 5.41) is 9.56. The number of hydrogen-bond donors (Lipinski definition) is 1. The monoisotopic (exact) mass is 336 g/mol. The lowest BCUT2D eigenvalue weighted by Gasteiger charge is -2.13. The summed E-state index contributed by atoms with van der Waals surface area (Å²) in [5.74, 6) is 2.06. The van der Waals surface area contributed by atoms with Crippen LogP contribution in [0.5, 0.6) is 17.2 Å². The molecule has 0 saturated carbocycles. The topological polar surface area (TPSA) is 38.7 Å². The molecule has 106 valence electrons. The van der Waals surface area contributed by atoms with Crippen molar-refractivity contribution in [2.75, 3.05) is 6.61 Å². The normalized spacial score (nSPS) is 12.0. The first-order valence-electron chi connectivity index (χ1n) is 6.49. The molecule has 0 aliphatic rings. The fourth-order valence-electron chi connectivity index (χ4n) is 1.79. The molecule has 0 unspecified atom stereocenters. The Labute approximate surface area is 127 Å². The van der Waals surface area contributed by atoms with Crippen LogP contribution in [0.25, 0.3) is 0 Å². The summed E-state index contributed by atoms with van der Waals surface area (Å²) in [6.07, 6.45) is -0.504. The van der Waals surface area contributed by atoms with Crippen molar-refractivity contribution in [2.24, 2.45) is 0 Å². The number of ether oxygens (including phenoxy) is 2. The van der Waals surface area contributed by atoms with E-state index in [0.717, 1.165) is 10.0 Å². The highest BCUT2D eigenvalue weighted by Gasteiger charge is 2.10. The average Bonchev–Trinajstić information content (AvgIpc) is 2.43. The second-order valence-electron chi connectivity index (χ2n) is 4.35. The quantitative estimate of drug-likeness (QED) is 0.860. The predicted molar refractivity (Wildman–Crippen MR) is 82.5 cm³/mol. The Morgan fingerprint density at radius 2 is 1.80 bits per heavy atom. The molecular formula is C16H17BrO3. The molecule has 0 spiro atoms. The van der Waals surface area contributed by atoms with Crippen LogP contribution in [-0.2, 0) is 0 Å². The number of rotatable bonds is 5. The van der Waals surface area contributed by atoms with Gasteiger partial charge in [0.2, 0.25) is 0 Å². The first-order valence-corrected chi connectivity index (χ1v) is 7.28. The van der Waals surface area contributed by atoms with E-state index < -0.39 is 6.10 Å². The molecule has 0 radical (unpaired) electrons. The third kappa shape index (κ3) is 3.52. The van der Waals surface area contributed by atoms with Crippen molar-refractivity contribution >= 4 is 15.9 Å². The summed E-state index contributed by atoms with van der Waals surface area (Å²) in [6, 6.07) is 13.1. The van der Waals surface area contributed by atoms with Crippen LogP contribution in [-0.4, -0.2) is 11.7 Å². The van der Waals surface area contributed by atoms with Gasteiger partial charge >= 0.3 is 0 Å². The van der Waals surface area contributed by atoms with Gasteiger partial charge in [0.15, 0.2) is 11.5 Å². The van der Waals surface area contributed by atoms with E-state index >= 15 is 0 Å². The van der Waals surface area contributed by atoms with Gasteiger partial charge in [-0.25, -0.2) is 0 Å². The number of aliphatic hydroxyl groups is 1. The highest BCUT2D eigenvalue weighted by atomic mass is 79.9. The number of para-hydroxylation sites is 2. The Kier molecular flexibility index (Phi) is 5.04. The lowest BCUT2D eigenvalue weighted by molar-refractivity contribution is 0.199. The van der Waals surface area contributed by atoms with Crippen LogP contribution in [0.1, 0.15) is 25.5 Å². The van der Waals surface area contributed by atoms with Crippen LogP contribution in [0.2, 0.25) is 0 Å². The standard InChI is InChI=1S/C16H17BrO3/c1-3-19-15-6-4-5-7-16(15)20-14-9-8-12(11(2)18)10-13(14)17/h4-11,18H,3H2,1-2H3/t11-/m0/s1. The van der Waals surface area contributed by atoms with Gasteiger partial charge in [0.05, 0.1) is 17.2 Å². The van der Waals surface area contributed by atoms with Crippen LogP contribution in [0, 0.1) is 0 Å². The maximum absolute atomic E-state index is 9.56. The molecule has 0 bridgehead atoms. The molecule has 0 aliphatic heterocycles. The zero-order valence-corrected chi connectivity index (χ0v) is 13.1. The fraction of sp³-hybridized carbons (Fsp3) is 0.250.